The van der Waals surface area contributed by atoms with E-state index in [0.29, 0.717) is 5.57 Å². The van der Waals surface area contributed by atoms with Gasteiger partial charge in [-0.1, -0.05) is 50.3 Å². The van der Waals surface area contributed by atoms with Crippen LogP contribution in [-0.2, 0) is 50.8 Å². The summed E-state index contributed by atoms with van der Waals surface area (Å²) in [4.78, 5) is 55.1. The molecule has 3 heterocycles. The number of aromatic amines is 1. The fourth-order valence-corrected chi connectivity index (χ4v) is 8.62. The van der Waals surface area contributed by atoms with Crippen molar-refractivity contribution in [2.45, 2.75) is 89.1 Å². The second-order valence-electron chi connectivity index (χ2n) is 14.3. The zero-order valence-electron chi connectivity index (χ0n) is 29.8. The Morgan fingerprint density at radius 3 is 2.55 bits per heavy atom. The van der Waals surface area contributed by atoms with E-state index in [4.69, 9.17) is 23.7 Å². The number of benzene rings is 1. The number of cyclic esters (lactones) is 1. The van der Waals surface area contributed by atoms with Gasteiger partial charge in [0.1, 0.15) is 35.7 Å². The van der Waals surface area contributed by atoms with Gasteiger partial charge in [-0.2, -0.15) is 13.2 Å². The molecule has 12 atom stereocenters. The quantitative estimate of drug-likeness (QED) is 0.162. The van der Waals surface area contributed by atoms with Crippen LogP contribution in [0.25, 0.3) is 0 Å². The Kier molecular flexibility index (Phi) is 10.6. The average Bonchev–Trinajstić information content (AvgIpc) is 3.72. The lowest BCUT2D eigenvalue weighted by atomic mass is 9.57. The van der Waals surface area contributed by atoms with Crippen molar-refractivity contribution in [1.29, 1.82) is 0 Å². The average molecular weight is 745 g/mol. The maximum Gasteiger partial charge on any atom is 0.416 e. The normalized spacial score (nSPS) is 35.2. The second-order valence-corrected chi connectivity index (χ2v) is 14.3. The highest BCUT2D eigenvalue weighted by molar-refractivity contribution is 6.32. The lowest BCUT2D eigenvalue weighted by Gasteiger charge is -2.48. The third-order valence-electron chi connectivity index (χ3n) is 11.2. The van der Waals surface area contributed by atoms with Gasteiger partial charge in [-0.15, -0.1) is 0 Å². The number of methoxy groups -OCH3 is 1. The van der Waals surface area contributed by atoms with E-state index in [2.05, 4.69) is 10.3 Å². The first-order valence-corrected chi connectivity index (χ1v) is 17.5. The number of nitrogens with one attached hydrogen (secondary N) is 2. The topological polar surface area (TPSA) is 162 Å². The molecule has 2 aromatic rings. The number of carbonyl (C=O) groups is 4. The monoisotopic (exact) mass is 744 g/mol. The van der Waals surface area contributed by atoms with E-state index in [1.165, 1.54) is 32.2 Å². The van der Waals surface area contributed by atoms with Crippen molar-refractivity contribution >= 4 is 23.8 Å². The molecule has 4 bridgehead atoms. The second kappa shape index (κ2) is 14.7. The van der Waals surface area contributed by atoms with Crippen molar-refractivity contribution in [3.63, 3.8) is 0 Å². The molecular formula is C38H43F3N2O10. The SMILES string of the molecule is CO[C@H]1C[C@H]2C=CC3C4[C@H](O)[C@@H](C)[C@@H](OC(=O)c5ccc[nH]5)[C@@H]3O[C@]42/C(C)=C/[C@@H](C)[C@@H]([C@@H](C)OC(=O)C(=O)NCc2ccccc2C(F)(F)F)OC1=O. The van der Waals surface area contributed by atoms with Crippen molar-refractivity contribution in [2.75, 3.05) is 7.11 Å². The Morgan fingerprint density at radius 2 is 1.87 bits per heavy atom. The van der Waals surface area contributed by atoms with Crippen molar-refractivity contribution in [3.8, 4) is 0 Å². The number of hydrogen-bond donors (Lipinski definition) is 3. The summed E-state index contributed by atoms with van der Waals surface area (Å²) >= 11 is 0. The van der Waals surface area contributed by atoms with Crippen LogP contribution in [0.1, 0.15) is 55.7 Å². The van der Waals surface area contributed by atoms with Crippen molar-refractivity contribution in [3.05, 3.63) is 83.2 Å². The smallest absolute Gasteiger partial charge is 0.416 e. The molecule has 2 aliphatic carbocycles. The number of halogens is 3. The molecule has 1 saturated carbocycles. The molecule has 0 radical (unpaired) electrons. The predicted molar refractivity (Wildman–Crippen MR) is 179 cm³/mol. The van der Waals surface area contributed by atoms with Gasteiger partial charge in [0.05, 0.1) is 11.7 Å². The molecule has 1 aromatic carbocycles. The third-order valence-corrected chi connectivity index (χ3v) is 11.2. The molecule has 2 aliphatic heterocycles. The number of alkyl halides is 3. The van der Waals surface area contributed by atoms with Gasteiger partial charge in [0.25, 0.3) is 0 Å². The van der Waals surface area contributed by atoms with Crippen molar-refractivity contribution in [2.24, 2.45) is 29.6 Å². The standard InChI is InChI=1S/C38H43F3N2O10/c1-18-15-19(2)37-23(12-13-24-28(37)29(44)20(3)31(32(24)53-37)52-34(46)26-11-8-14-42-26)16-27(49-5)35(47)51-30(18)21(4)50-36(48)33(45)43-17-22-9-6-7-10-25(22)38(39,40)41/h6-15,18,20-21,23-24,27-32,42,44H,16-17H2,1-5H3,(H,43,45)/b19-15+/t18-,20-,21-,23-,24?,27+,28?,29-,30+,31-,32-,37+/m1/s1. The van der Waals surface area contributed by atoms with Crippen molar-refractivity contribution in [1.82, 2.24) is 10.3 Å². The summed E-state index contributed by atoms with van der Waals surface area (Å²) in [5.41, 5.74) is -1.37. The molecule has 2 unspecified atom stereocenters. The van der Waals surface area contributed by atoms with Gasteiger partial charge in [-0.25, -0.2) is 14.4 Å². The zero-order valence-corrected chi connectivity index (χ0v) is 29.8. The summed E-state index contributed by atoms with van der Waals surface area (Å²) in [6, 6.07) is 7.92. The fourth-order valence-electron chi connectivity index (χ4n) is 8.62. The first-order valence-electron chi connectivity index (χ1n) is 17.5. The summed E-state index contributed by atoms with van der Waals surface area (Å²) in [6.45, 7) is 6.24. The van der Waals surface area contributed by atoms with Crippen molar-refractivity contribution < 1.29 is 61.1 Å². The Bertz CT molecular complexity index is 1780. The molecule has 6 rings (SSSR count). The van der Waals surface area contributed by atoms with Gasteiger partial charge >= 0.3 is 30.0 Å². The molecule has 1 spiro atoms. The largest absolute Gasteiger partial charge is 0.456 e. The van der Waals surface area contributed by atoms with E-state index >= 15 is 0 Å². The highest BCUT2D eigenvalue weighted by Crippen LogP contribution is 2.61. The minimum absolute atomic E-state index is 0.0953. The number of aromatic nitrogens is 1. The Labute approximate surface area is 304 Å². The fraction of sp³-hybridized carbons (Fsp3) is 0.526. The summed E-state index contributed by atoms with van der Waals surface area (Å²) in [5, 5.41) is 14.1. The molecule has 1 amide bonds. The van der Waals surface area contributed by atoms with E-state index in [9.17, 15) is 37.5 Å². The molecule has 12 nitrogen and oxygen atoms in total. The van der Waals surface area contributed by atoms with Gasteiger partial charge in [0.2, 0.25) is 0 Å². The van der Waals surface area contributed by atoms with Gasteiger partial charge in [-0.3, -0.25) is 4.79 Å². The predicted octanol–water partition coefficient (Wildman–Crippen LogP) is 4.29. The van der Waals surface area contributed by atoms with E-state index < -0.39 is 108 Å². The highest BCUT2D eigenvalue weighted by atomic mass is 19.4. The van der Waals surface area contributed by atoms with Crippen LogP contribution in [0.5, 0.6) is 0 Å². The number of ether oxygens (including phenoxy) is 5. The van der Waals surface area contributed by atoms with Crippen LogP contribution in [0.4, 0.5) is 13.2 Å². The number of esters is 3. The van der Waals surface area contributed by atoms with Crippen LogP contribution in [0, 0.1) is 29.6 Å². The summed E-state index contributed by atoms with van der Waals surface area (Å²) in [6.07, 6.45) is -3.08. The van der Waals surface area contributed by atoms with Gasteiger partial charge in [0, 0.05) is 49.4 Å². The number of hydrogen-bond acceptors (Lipinski definition) is 10. The Morgan fingerprint density at radius 1 is 1.13 bits per heavy atom. The number of aliphatic hydroxyl groups excluding tert-OH is 1. The van der Waals surface area contributed by atoms with Crippen LogP contribution in [0.15, 0.2) is 66.4 Å². The summed E-state index contributed by atoms with van der Waals surface area (Å²) in [7, 11) is 1.35. The van der Waals surface area contributed by atoms with Crippen LogP contribution >= 0.6 is 0 Å². The minimum atomic E-state index is -4.66. The Hall–Kier alpha value is -4.47. The maximum atomic E-state index is 13.7. The molecular weight excluding hydrogens is 701 g/mol. The van der Waals surface area contributed by atoms with Gasteiger partial charge in [0.15, 0.2) is 6.10 Å². The molecule has 286 valence electrons. The van der Waals surface area contributed by atoms with Gasteiger partial charge in [-0.05, 0) is 49.6 Å². The van der Waals surface area contributed by atoms with Crippen LogP contribution < -0.4 is 5.32 Å². The highest BCUT2D eigenvalue weighted by Gasteiger charge is 2.69. The molecule has 1 aromatic heterocycles. The third kappa shape index (κ3) is 7.01. The number of carbonyl (C=O) groups excluding carboxylic acids is 4. The maximum absolute atomic E-state index is 13.7. The summed E-state index contributed by atoms with van der Waals surface area (Å²) in [5.74, 6) is -6.43. The minimum Gasteiger partial charge on any atom is -0.456 e. The van der Waals surface area contributed by atoms with E-state index in [1.54, 1.807) is 25.3 Å². The van der Waals surface area contributed by atoms with Crippen LogP contribution in [0.2, 0.25) is 0 Å². The van der Waals surface area contributed by atoms with Crippen LogP contribution in [0.3, 0.4) is 0 Å². The lowest BCUT2D eigenvalue weighted by molar-refractivity contribution is -0.180. The zero-order chi connectivity index (χ0) is 38.4. The molecule has 15 heteroatoms. The van der Waals surface area contributed by atoms with E-state index in [-0.39, 0.29) is 23.6 Å². The molecule has 53 heavy (non-hydrogen) atoms. The number of rotatable bonds is 7. The molecule has 4 aliphatic rings. The lowest BCUT2D eigenvalue weighted by Crippen LogP contribution is -2.57. The van der Waals surface area contributed by atoms with Crippen LogP contribution in [-0.4, -0.2) is 83.2 Å². The molecule has 2 fully saturated rings. The Balaban J connectivity index is 1.25. The number of amides is 1. The first-order chi connectivity index (χ1) is 25.1. The van der Waals surface area contributed by atoms with Gasteiger partial charge < -0.3 is 39.1 Å². The molecule has 1 saturated heterocycles. The number of aliphatic hydroxyl groups is 1. The summed E-state index contributed by atoms with van der Waals surface area (Å²) < 4.78 is 70.2. The van der Waals surface area contributed by atoms with E-state index in [0.717, 1.165) is 6.07 Å². The van der Waals surface area contributed by atoms with E-state index in [1.807, 2.05) is 32.1 Å². The number of H-pyrrole nitrogens is 1. The molecule has 3 N–H and O–H groups in total. The first kappa shape index (κ1) is 38.3.